The summed E-state index contributed by atoms with van der Waals surface area (Å²) in [6, 6.07) is 13.3. The first-order chi connectivity index (χ1) is 9.11. The third kappa shape index (κ3) is 3.14. The smallest absolute Gasteiger partial charge is 0.128 e. The quantitative estimate of drug-likeness (QED) is 0.812. The van der Waals surface area contributed by atoms with Gasteiger partial charge in [0.25, 0.3) is 0 Å². The van der Waals surface area contributed by atoms with Crippen LogP contribution in [0.1, 0.15) is 36.1 Å². The summed E-state index contributed by atoms with van der Waals surface area (Å²) < 4.78 is 13.9. The summed E-state index contributed by atoms with van der Waals surface area (Å²) in [4.78, 5) is 0. The third-order valence-electron chi connectivity index (χ3n) is 3.41. The van der Waals surface area contributed by atoms with Gasteiger partial charge in [-0.2, -0.15) is 0 Å². The lowest BCUT2D eigenvalue weighted by molar-refractivity contribution is 0.587. The third-order valence-corrected chi connectivity index (χ3v) is 3.41. The van der Waals surface area contributed by atoms with Crippen molar-refractivity contribution in [3.63, 3.8) is 0 Å². The molecule has 0 spiro atoms. The van der Waals surface area contributed by atoms with Crippen LogP contribution in [0.3, 0.4) is 0 Å². The molecular formula is C17H20FN. The monoisotopic (exact) mass is 257 g/mol. The maximum Gasteiger partial charge on any atom is 0.128 e. The number of halogens is 1. The van der Waals surface area contributed by atoms with E-state index in [1.54, 1.807) is 6.07 Å². The Kier molecular flexibility index (Phi) is 4.20. The van der Waals surface area contributed by atoms with Gasteiger partial charge in [-0.1, -0.05) is 37.3 Å². The lowest BCUT2D eigenvalue weighted by atomic mass is 10.0. The van der Waals surface area contributed by atoms with E-state index in [1.807, 2.05) is 12.1 Å². The van der Waals surface area contributed by atoms with Gasteiger partial charge < -0.3 is 5.32 Å². The van der Waals surface area contributed by atoms with Crippen molar-refractivity contribution in [3.05, 3.63) is 65.0 Å². The molecule has 1 unspecified atom stereocenters. The second-order valence-corrected chi connectivity index (χ2v) is 4.95. The van der Waals surface area contributed by atoms with Gasteiger partial charge in [-0.25, -0.2) is 4.39 Å². The maximum absolute atomic E-state index is 13.9. The van der Waals surface area contributed by atoms with Crippen molar-refractivity contribution in [2.24, 2.45) is 0 Å². The van der Waals surface area contributed by atoms with Gasteiger partial charge in [-0.05, 0) is 43.5 Å². The molecule has 1 N–H and O–H groups in total. The fraction of sp³-hybridized carbons (Fsp3) is 0.294. The topological polar surface area (TPSA) is 12.0 Å². The van der Waals surface area contributed by atoms with Crippen molar-refractivity contribution in [3.8, 4) is 0 Å². The summed E-state index contributed by atoms with van der Waals surface area (Å²) in [6.07, 6.45) is 0.842. The summed E-state index contributed by atoms with van der Waals surface area (Å²) in [5, 5.41) is 3.45. The SMILES string of the molecule is CCC(Nc1cc(C)ccc1C)c1ccccc1F. The van der Waals surface area contributed by atoms with Crippen LogP contribution in [0.4, 0.5) is 10.1 Å². The molecular weight excluding hydrogens is 237 g/mol. The molecule has 100 valence electrons. The second-order valence-electron chi connectivity index (χ2n) is 4.95. The molecule has 0 aliphatic heterocycles. The molecule has 0 aromatic heterocycles. The minimum absolute atomic E-state index is 0.00157. The van der Waals surface area contributed by atoms with Crippen molar-refractivity contribution < 1.29 is 4.39 Å². The van der Waals surface area contributed by atoms with Crippen molar-refractivity contribution in [2.45, 2.75) is 33.2 Å². The van der Waals surface area contributed by atoms with Gasteiger partial charge in [0.05, 0.1) is 6.04 Å². The van der Waals surface area contributed by atoms with E-state index in [-0.39, 0.29) is 11.9 Å². The first-order valence-corrected chi connectivity index (χ1v) is 6.70. The molecule has 2 rings (SSSR count). The molecule has 2 aromatic rings. The lowest BCUT2D eigenvalue weighted by Gasteiger charge is -2.21. The number of hydrogen-bond acceptors (Lipinski definition) is 1. The zero-order valence-electron chi connectivity index (χ0n) is 11.7. The predicted molar refractivity (Wildman–Crippen MR) is 79.0 cm³/mol. The normalized spacial score (nSPS) is 12.2. The molecule has 2 aromatic carbocycles. The van der Waals surface area contributed by atoms with Crippen molar-refractivity contribution in [1.29, 1.82) is 0 Å². The highest BCUT2D eigenvalue weighted by molar-refractivity contribution is 5.54. The molecule has 0 aliphatic rings. The second kappa shape index (κ2) is 5.87. The Labute approximate surface area is 114 Å². The molecule has 1 atom stereocenters. The van der Waals surface area contributed by atoms with Crippen LogP contribution in [0, 0.1) is 19.7 Å². The Bertz CT molecular complexity index is 563. The molecule has 19 heavy (non-hydrogen) atoms. The number of anilines is 1. The summed E-state index contributed by atoms with van der Waals surface area (Å²) in [5.41, 5.74) is 4.19. The fourth-order valence-corrected chi connectivity index (χ4v) is 2.24. The summed E-state index contributed by atoms with van der Waals surface area (Å²) in [5.74, 6) is -0.146. The summed E-state index contributed by atoms with van der Waals surface area (Å²) >= 11 is 0. The fourth-order valence-electron chi connectivity index (χ4n) is 2.24. The van der Waals surface area contributed by atoms with E-state index in [1.165, 1.54) is 17.2 Å². The predicted octanol–water partition coefficient (Wildman–Crippen LogP) is 5.01. The van der Waals surface area contributed by atoms with Crippen LogP contribution in [-0.2, 0) is 0 Å². The zero-order chi connectivity index (χ0) is 13.8. The molecule has 0 saturated heterocycles. The Balaban J connectivity index is 2.29. The minimum Gasteiger partial charge on any atom is -0.378 e. The number of rotatable bonds is 4. The number of aryl methyl sites for hydroxylation is 2. The van der Waals surface area contributed by atoms with Crippen LogP contribution in [0.15, 0.2) is 42.5 Å². The van der Waals surface area contributed by atoms with Crippen LogP contribution < -0.4 is 5.32 Å². The van der Waals surface area contributed by atoms with Crippen LogP contribution in [-0.4, -0.2) is 0 Å². The average molecular weight is 257 g/mol. The Hall–Kier alpha value is -1.83. The first-order valence-electron chi connectivity index (χ1n) is 6.70. The summed E-state index contributed by atoms with van der Waals surface area (Å²) in [6.45, 7) is 6.19. The lowest BCUT2D eigenvalue weighted by Crippen LogP contribution is -2.12. The molecule has 0 fully saturated rings. The highest BCUT2D eigenvalue weighted by atomic mass is 19.1. The molecule has 0 radical (unpaired) electrons. The van der Waals surface area contributed by atoms with E-state index < -0.39 is 0 Å². The molecule has 0 saturated carbocycles. The molecule has 1 nitrogen and oxygen atoms in total. The molecule has 0 heterocycles. The Morgan fingerprint density at radius 2 is 1.84 bits per heavy atom. The minimum atomic E-state index is -0.146. The largest absolute Gasteiger partial charge is 0.378 e. The van der Waals surface area contributed by atoms with Gasteiger partial charge in [0.1, 0.15) is 5.82 Å². The van der Waals surface area contributed by atoms with E-state index in [0.717, 1.165) is 17.7 Å². The standard InChI is InChI=1S/C17H20FN/c1-4-16(14-7-5-6-8-15(14)18)19-17-11-12(2)9-10-13(17)3/h5-11,16,19H,4H2,1-3H3. The van der Waals surface area contributed by atoms with E-state index >= 15 is 0 Å². The molecule has 2 heteroatoms. The van der Waals surface area contributed by atoms with Crippen molar-refractivity contribution in [1.82, 2.24) is 0 Å². The highest BCUT2D eigenvalue weighted by Crippen LogP contribution is 2.27. The Morgan fingerprint density at radius 3 is 2.53 bits per heavy atom. The van der Waals surface area contributed by atoms with Crippen LogP contribution in [0.2, 0.25) is 0 Å². The molecule has 0 aliphatic carbocycles. The van der Waals surface area contributed by atoms with E-state index in [9.17, 15) is 4.39 Å². The molecule has 0 bridgehead atoms. The van der Waals surface area contributed by atoms with Gasteiger partial charge in [0.2, 0.25) is 0 Å². The average Bonchev–Trinajstić information content (AvgIpc) is 2.41. The van der Waals surface area contributed by atoms with E-state index in [2.05, 4.69) is 44.3 Å². The van der Waals surface area contributed by atoms with Gasteiger partial charge >= 0.3 is 0 Å². The van der Waals surface area contributed by atoms with Crippen molar-refractivity contribution in [2.75, 3.05) is 5.32 Å². The first kappa shape index (κ1) is 13.6. The number of benzene rings is 2. The van der Waals surface area contributed by atoms with E-state index in [0.29, 0.717) is 0 Å². The maximum atomic E-state index is 13.9. The van der Waals surface area contributed by atoms with Crippen LogP contribution >= 0.6 is 0 Å². The molecule has 0 amide bonds. The van der Waals surface area contributed by atoms with Gasteiger partial charge in [-0.15, -0.1) is 0 Å². The number of hydrogen-bond donors (Lipinski definition) is 1. The Morgan fingerprint density at radius 1 is 1.11 bits per heavy atom. The van der Waals surface area contributed by atoms with Crippen molar-refractivity contribution >= 4 is 5.69 Å². The van der Waals surface area contributed by atoms with Gasteiger partial charge in [-0.3, -0.25) is 0 Å². The van der Waals surface area contributed by atoms with Crippen LogP contribution in [0.5, 0.6) is 0 Å². The summed E-state index contributed by atoms with van der Waals surface area (Å²) in [7, 11) is 0. The van der Waals surface area contributed by atoms with Gasteiger partial charge in [0, 0.05) is 11.3 Å². The van der Waals surface area contributed by atoms with Gasteiger partial charge in [0.15, 0.2) is 0 Å². The van der Waals surface area contributed by atoms with Crippen LogP contribution in [0.25, 0.3) is 0 Å². The zero-order valence-corrected chi connectivity index (χ0v) is 11.7. The number of nitrogens with one attached hydrogen (secondary N) is 1. The van der Waals surface area contributed by atoms with E-state index in [4.69, 9.17) is 0 Å². The highest BCUT2D eigenvalue weighted by Gasteiger charge is 2.14.